The molecule has 1 atom stereocenters. The average molecular weight is 523 g/mol. The lowest BCUT2D eigenvalue weighted by Gasteiger charge is -2.33. The Kier molecular flexibility index (Phi) is 9.20. The Morgan fingerprint density at radius 3 is 2.50 bits per heavy atom. The number of fused-ring (bicyclic) bond motifs is 1. The molecule has 2 heterocycles. The van der Waals surface area contributed by atoms with Crippen LogP contribution in [0.25, 0.3) is 11.0 Å². The van der Waals surface area contributed by atoms with Gasteiger partial charge in [0.1, 0.15) is 5.82 Å². The number of amides is 1. The van der Waals surface area contributed by atoms with Gasteiger partial charge in [-0.2, -0.15) is 0 Å². The van der Waals surface area contributed by atoms with Crippen molar-refractivity contribution >= 4 is 16.9 Å². The van der Waals surface area contributed by atoms with Crippen molar-refractivity contribution < 1.29 is 19.5 Å². The van der Waals surface area contributed by atoms with Gasteiger partial charge in [-0.3, -0.25) is 9.63 Å². The number of likely N-dealkylation sites (tertiary alicyclic amines) is 1. The fraction of sp³-hybridized carbons (Fsp3) is 0.533. The molecule has 3 aromatic rings. The summed E-state index contributed by atoms with van der Waals surface area (Å²) in [6.07, 6.45) is 1.43. The van der Waals surface area contributed by atoms with E-state index in [1.165, 1.54) is 17.7 Å². The van der Waals surface area contributed by atoms with E-state index in [1.807, 2.05) is 51.1 Å². The number of aliphatic hydroxyl groups excluding tert-OH is 1. The van der Waals surface area contributed by atoms with E-state index in [9.17, 15) is 9.90 Å². The number of benzene rings is 2. The van der Waals surface area contributed by atoms with Crippen LogP contribution < -0.4 is 0 Å². The molecule has 1 aromatic heterocycles. The lowest BCUT2D eigenvalue weighted by atomic mass is 9.83. The van der Waals surface area contributed by atoms with Gasteiger partial charge in [-0.1, -0.05) is 36.4 Å². The molecule has 8 nitrogen and oxygen atoms in total. The van der Waals surface area contributed by atoms with Crippen molar-refractivity contribution in [3.05, 3.63) is 65.5 Å². The van der Waals surface area contributed by atoms with E-state index < -0.39 is 11.5 Å². The van der Waals surface area contributed by atoms with Crippen LogP contribution in [-0.2, 0) is 26.3 Å². The molecule has 0 saturated carbocycles. The Balaban J connectivity index is 1.37. The molecule has 0 spiro atoms. The molecule has 0 aliphatic carbocycles. The zero-order valence-corrected chi connectivity index (χ0v) is 23.4. The molecular weight excluding hydrogens is 480 g/mol. The van der Waals surface area contributed by atoms with Gasteiger partial charge in [-0.25, -0.2) is 10.0 Å². The minimum atomic E-state index is -0.727. The van der Waals surface area contributed by atoms with Crippen LogP contribution in [0.4, 0.5) is 0 Å². The first-order chi connectivity index (χ1) is 18.3. The first-order valence-electron chi connectivity index (χ1n) is 13.6. The predicted molar refractivity (Wildman–Crippen MR) is 149 cm³/mol. The van der Waals surface area contributed by atoms with Crippen LogP contribution in [0.2, 0.25) is 0 Å². The summed E-state index contributed by atoms with van der Waals surface area (Å²) in [7, 11) is 3.09. The number of carbonyl (C=O) groups excluding carboxylic acids is 1. The van der Waals surface area contributed by atoms with Gasteiger partial charge in [0.2, 0.25) is 0 Å². The molecule has 4 rings (SSSR count). The summed E-state index contributed by atoms with van der Waals surface area (Å²) in [5.41, 5.74) is 3.23. The largest absolute Gasteiger partial charge is 0.387 e. The highest BCUT2D eigenvalue weighted by molar-refractivity contribution is 5.86. The molecule has 0 bridgehead atoms. The second kappa shape index (κ2) is 12.4. The number of hydrogen-bond donors (Lipinski definition) is 1. The second-order valence-corrected chi connectivity index (χ2v) is 10.6. The number of ether oxygens (including phenoxy) is 1. The van der Waals surface area contributed by atoms with E-state index in [4.69, 9.17) is 14.6 Å². The number of aliphatic hydroxyl groups is 1. The second-order valence-electron chi connectivity index (χ2n) is 10.6. The molecule has 8 heteroatoms. The monoisotopic (exact) mass is 522 g/mol. The maximum atomic E-state index is 12.7. The van der Waals surface area contributed by atoms with Crippen molar-refractivity contribution in [2.75, 3.05) is 47.0 Å². The summed E-state index contributed by atoms with van der Waals surface area (Å²) in [5.74, 6) is 1.42. The van der Waals surface area contributed by atoms with Gasteiger partial charge in [0, 0.05) is 32.7 Å². The normalized spacial score (nSPS) is 16.2. The zero-order valence-electron chi connectivity index (χ0n) is 23.4. The molecule has 38 heavy (non-hydrogen) atoms. The van der Waals surface area contributed by atoms with Gasteiger partial charge in [-0.15, -0.1) is 0 Å². The highest BCUT2D eigenvalue weighted by Gasteiger charge is 2.33. The lowest BCUT2D eigenvalue weighted by molar-refractivity contribution is -0.174. The fourth-order valence-corrected chi connectivity index (χ4v) is 5.39. The minimum absolute atomic E-state index is 0.123. The summed E-state index contributed by atoms with van der Waals surface area (Å²) in [6.45, 7) is 10.4. The number of para-hydroxylation sites is 2. The number of rotatable bonds is 11. The van der Waals surface area contributed by atoms with Crippen molar-refractivity contribution in [3.63, 3.8) is 0 Å². The number of hydroxylamine groups is 2. The highest BCUT2D eigenvalue weighted by Crippen LogP contribution is 2.32. The van der Waals surface area contributed by atoms with E-state index in [-0.39, 0.29) is 5.91 Å². The molecule has 1 saturated heterocycles. The third-order valence-electron chi connectivity index (χ3n) is 7.84. The average Bonchev–Trinajstić information content (AvgIpc) is 3.31. The number of piperidine rings is 1. The summed E-state index contributed by atoms with van der Waals surface area (Å²) < 4.78 is 7.98. The van der Waals surface area contributed by atoms with E-state index in [2.05, 4.69) is 27.7 Å². The Morgan fingerprint density at radius 2 is 1.84 bits per heavy atom. The molecule has 2 aromatic carbocycles. The molecule has 206 valence electrons. The number of aromatic nitrogens is 2. The molecule has 1 fully saturated rings. The van der Waals surface area contributed by atoms with Gasteiger partial charge in [0.25, 0.3) is 5.91 Å². The number of imidazole rings is 1. The van der Waals surface area contributed by atoms with Crippen LogP contribution in [0.3, 0.4) is 0 Å². The Bertz CT molecular complexity index is 1200. The first-order valence-corrected chi connectivity index (χ1v) is 13.6. The number of β-amino-alcohol motifs (C(OH)–C–C–N with tert-alkyl or cyclic N) is 1. The summed E-state index contributed by atoms with van der Waals surface area (Å²) >= 11 is 0. The van der Waals surface area contributed by atoms with E-state index in [0.29, 0.717) is 25.7 Å². The van der Waals surface area contributed by atoms with Crippen molar-refractivity contribution in [1.29, 1.82) is 0 Å². The molecule has 1 unspecified atom stereocenters. The van der Waals surface area contributed by atoms with Crippen LogP contribution >= 0.6 is 0 Å². The smallest absolute Gasteiger partial charge is 0.255 e. The SMILES string of the molecule is CCOCCn1c(C2CCN(CC(O)c3ccc(C(C)(C)C(=O)N(C)OC)cc3)CC2)nc2ccccc21. The molecule has 1 N–H and O–H groups in total. The Morgan fingerprint density at radius 1 is 1.16 bits per heavy atom. The van der Waals surface area contributed by atoms with Crippen molar-refractivity contribution in [2.45, 2.75) is 57.6 Å². The van der Waals surface area contributed by atoms with Crippen LogP contribution in [0, 0.1) is 0 Å². The maximum Gasteiger partial charge on any atom is 0.255 e. The molecule has 1 aliphatic rings. The third kappa shape index (κ3) is 6.10. The van der Waals surface area contributed by atoms with Crippen molar-refractivity contribution in [3.8, 4) is 0 Å². The molecule has 1 amide bonds. The van der Waals surface area contributed by atoms with E-state index in [1.54, 1.807) is 7.05 Å². The van der Waals surface area contributed by atoms with Gasteiger partial charge < -0.3 is 19.3 Å². The summed E-state index contributed by atoms with van der Waals surface area (Å²) in [4.78, 5) is 25.1. The molecule has 0 radical (unpaired) electrons. The van der Waals surface area contributed by atoms with Crippen LogP contribution in [0.15, 0.2) is 48.5 Å². The minimum Gasteiger partial charge on any atom is -0.387 e. The van der Waals surface area contributed by atoms with E-state index in [0.717, 1.165) is 54.9 Å². The van der Waals surface area contributed by atoms with Gasteiger partial charge in [0.05, 0.1) is 36.3 Å². The van der Waals surface area contributed by atoms with Gasteiger partial charge >= 0.3 is 0 Å². The van der Waals surface area contributed by atoms with Gasteiger partial charge in [0.15, 0.2) is 0 Å². The fourth-order valence-electron chi connectivity index (χ4n) is 5.39. The van der Waals surface area contributed by atoms with Crippen molar-refractivity contribution in [1.82, 2.24) is 19.5 Å². The summed E-state index contributed by atoms with van der Waals surface area (Å²) in [5, 5.41) is 12.2. The van der Waals surface area contributed by atoms with Crippen LogP contribution in [0.1, 0.15) is 62.6 Å². The zero-order chi connectivity index (χ0) is 27.3. The lowest BCUT2D eigenvalue weighted by Crippen LogP contribution is -2.40. The quantitative estimate of drug-likeness (QED) is 0.299. The number of likely N-dealkylation sites (N-methyl/N-ethyl adjacent to an activating group) is 1. The van der Waals surface area contributed by atoms with Gasteiger partial charge in [-0.05, 0) is 70.0 Å². The topological polar surface area (TPSA) is 80.1 Å². The molecule has 1 aliphatic heterocycles. The third-order valence-corrected chi connectivity index (χ3v) is 7.84. The van der Waals surface area contributed by atoms with Crippen LogP contribution in [-0.4, -0.2) is 77.5 Å². The Hall–Kier alpha value is -2.78. The number of nitrogens with zero attached hydrogens (tertiary/aromatic N) is 4. The first kappa shape index (κ1) is 28.2. The Labute approximate surface area is 226 Å². The predicted octanol–water partition coefficient (Wildman–Crippen LogP) is 4.28. The standard InChI is InChI=1S/C30H42N4O4/c1-6-38-20-19-34-26-10-8-7-9-25(26)31-28(34)23-15-17-33(18-16-23)21-27(35)22-11-13-24(14-12-22)30(2,3)29(36)32(4)37-5/h7-14,23,27,35H,6,15-21H2,1-5H3. The highest BCUT2D eigenvalue weighted by atomic mass is 16.7. The summed E-state index contributed by atoms with van der Waals surface area (Å²) in [6, 6.07) is 16.0. The number of hydrogen-bond acceptors (Lipinski definition) is 6. The molecular formula is C30H42N4O4. The van der Waals surface area contributed by atoms with E-state index >= 15 is 0 Å². The number of carbonyl (C=O) groups is 1. The maximum absolute atomic E-state index is 12.7. The van der Waals surface area contributed by atoms with Crippen LogP contribution in [0.5, 0.6) is 0 Å². The van der Waals surface area contributed by atoms with Crippen molar-refractivity contribution in [2.24, 2.45) is 0 Å².